The number of hydrogen-bond acceptors (Lipinski definition) is 4. The van der Waals surface area contributed by atoms with Gasteiger partial charge in [-0.25, -0.2) is 15.3 Å². The number of benzene rings is 2. The summed E-state index contributed by atoms with van der Waals surface area (Å²) in [4.78, 5) is 9.93. The molecule has 0 spiro atoms. The molecule has 1 atom stereocenters. The van der Waals surface area contributed by atoms with E-state index in [1.165, 1.54) is 0 Å². The predicted molar refractivity (Wildman–Crippen MR) is 71.1 cm³/mol. The van der Waals surface area contributed by atoms with Gasteiger partial charge in [0.25, 0.3) is 0 Å². The van der Waals surface area contributed by atoms with Crippen LogP contribution in [-0.2, 0) is 4.84 Å². The van der Waals surface area contributed by atoms with Crippen LogP contribution in [0.5, 0.6) is 0 Å². The van der Waals surface area contributed by atoms with E-state index in [1.54, 1.807) is 12.1 Å². The van der Waals surface area contributed by atoms with Crippen LogP contribution in [0.3, 0.4) is 0 Å². The second-order valence-electron chi connectivity index (χ2n) is 4.15. The van der Waals surface area contributed by atoms with Crippen LogP contribution in [0.4, 0.5) is 0 Å². The number of aliphatic imine (C=N–C) groups is 1. The maximum Gasteiger partial charge on any atom is 0.202 e. The third kappa shape index (κ3) is 2.32. The van der Waals surface area contributed by atoms with Gasteiger partial charge < -0.3 is 0 Å². The lowest BCUT2D eigenvalue weighted by Gasteiger charge is -2.05. The zero-order valence-electron chi connectivity index (χ0n) is 10.1. The van der Waals surface area contributed by atoms with E-state index < -0.39 is 0 Å². The SMILES string of the molecule is N#Cc1ccc([C@H]2N=C(c3ccccc3)NO2)cc1. The van der Waals surface area contributed by atoms with Crippen molar-refractivity contribution in [1.82, 2.24) is 5.48 Å². The van der Waals surface area contributed by atoms with Crippen LogP contribution in [0.25, 0.3) is 0 Å². The third-order valence-corrected chi connectivity index (χ3v) is 2.89. The summed E-state index contributed by atoms with van der Waals surface area (Å²) in [5.74, 6) is 0.718. The molecule has 0 unspecified atom stereocenters. The molecule has 4 nitrogen and oxygen atoms in total. The van der Waals surface area contributed by atoms with Crippen LogP contribution in [0.1, 0.15) is 22.9 Å². The highest BCUT2D eigenvalue weighted by molar-refractivity contribution is 5.98. The highest BCUT2D eigenvalue weighted by atomic mass is 16.7. The van der Waals surface area contributed by atoms with Crippen LogP contribution < -0.4 is 5.48 Å². The summed E-state index contributed by atoms with van der Waals surface area (Å²) in [6, 6.07) is 19.1. The molecular weight excluding hydrogens is 238 g/mol. The monoisotopic (exact) mass is 249 g/mol. The van der Waals surface area contributed by atoms with Gasteiger partial charge in [-0.3, -0.25) is 0 Å². The van der Waals surface area contributed by atoms with Crippen molar-refractivity contribution in [2.24, 2.45) is 4.99 Å². The van der Waals surface area contributed by atoms with E-state index in [-0.39, 0.29) is 6.23 Å². The van der Waals surface area contributed by atoms with Crippen molar-refractivity contribution in [2.45, 2.75) is 6.23 Å². The van der Waals surface area contributed by atoms with Gasteiger partial charge in [-0.2, -0.15) is 5.26 Å². The topological polar surface area (TPSA) is 57.4 Å². The summed E-state index contributed by atoms with van der Waals surface area (Å²) in [5.41, 5.74) is 5.36. The van der Waals surface area contributed by atoms with Gasteiger partial charge >= 0.3 is 0 Å². The highest BCUT2D eigenvalue weighted by Crippen LogP contribution is 2.23. The lowest BCUT2D eigenvalue weighted by molar-refractivity contribution is 0.0377. The first-order chi connectivity index (χ1) is 9.36. The van der Waals surface area contributed by atoms with Crippen LogP contribution in [0.15, 0.2) is 59.6 Å². The van der Waals surface area contributed by atoms with Crippen molar-refractivity contribution in [2.75, 3.05) is 0 Å². The van der Waals surface area contributed by atoms with E-state index >= 15 is 0 Å². The molecule has 0 aliphatic carbocycles. The zero-order valence-corrected chi connectivity index (χ0v) is 10.1. The Kier molecular flexibility index (Phi) is 2.97. The largest absolute Gasteiger partial charge is 0.246 e. The molecule has 0 saturated heterocycles. The zero-order chi connectivity index (χ0) is 13.1. The molecule has 19 heavy (non-hydrogen) atoms. The molecule has 1 aliphatic heterocycles. The maximum absolute atomic E-state index is 8.76. The maximum atomic E-state index is 8.76. The fourth-order valence-electron chi connectivity index (χ4n) is 1.88. The molecule has 1 heterocycles. The summed E-state index contributed by atoms with van der Waals surface area (Å²) in [6.07, 6.45) is -0.372. The average molecular weight is 249 g/mol. The molecule has 0 fully saturated rings. The van der Waals surface area contributed by atoms with E-state index in [0.29, 0.717) is 5.56 Å². The number of amidine groups is 1. The fourth-order valence-corrected chi connectivity index (χ4v) is 1.88. The van der Waals surface area contributed by atoms with Gasteiger partial charge in [0.1, 0.15) is 0 Å². The second kappa shape index (κ2) is 4.92. The Morgan fingerprint density at radius 1 is 1.05 bits per heavy atom. The molecule has 0 bridgehead atoms. The van der Waals surface area contributed by atoms with Gasteiger partial charge in [0.15, 0.2) is 5.84 Å². The second-order valence-corrected chi connectivity index (χ2v) is 4.15. The van der Waals surface area contributed by atoms with Crippen LogP contribution in [0.2, 0.25) is 0 Å². The average Bonchev–Trinajstić information content (AvgIpc) is 2.98. The van der Waals surface area contributed by atoms with Gasteiger partial charge in [-0.05, 0) is 12.1 Å². The summed E-state index contributed by atoms with van der Waals surface area (Å²) in [7, 11) is 0. The quantitative estimate of drug-likeness (QED) is 0.889. The number of nitrogens with one attached hydrogen (secondary N) is 1. The Bertz CT molecular complexity index is 641. The van der Waals surface area contributed by atoms with E-state index in [4.69, 9.17) is 10.1 Å². The molecule has 4 heteroatoms. The molecule has 92 valence electrons. The molecule has 0 amide bonds. The fraction of sp³-hybridized carbons (Fsp3) is 0.0667. The molecule has 0 radical (unpaired) electrons. The smallest absolute Gasteiger partial charge is 0.202 e. The number of hydrogen-bond donors (Lipinski definition) is 1. The summed E-state index contributed by atoms with van der Waals surface area (Å²) < 4.78 is 0. The van der Waals surface area contributed by atoms with E-state index in [1.807, 2.05) is 42.5 Å². The number of rotatable bonds is 2. The van der Waals surface area contributed by atoms with Crippen molar-refractivity contribution in [3.63, 3.8) is 0 Å². The molecule has 0 aromatic heterocycles. The van der Waals surface area contributed by atoms with Crippen molar-refractivity contribution in [3.8, 4) is 6.07 Å². The summed E-state index contributed by atoms with van der Waals surface area (Å²) >= 11 is 0. The number of nitriles is 1. The van der Waals surface area contributed by atoms with E-state index in [9.17, 15) is 0 Å². The molecule has 1 N–H and O–H groups in total. The highest BCUT2D eigenvalue weighted by Gasteiger charge is 2.20. The standard InChI is InChI=1S/C15H11N3O/c16-10-11-6-8-13(9-7-11)15-17-14(18-19-15)12-4-2-1-3-5-12/h1-9,15H,(H,17,18)/t15-/m0/s1. The van der Waals surface area contributed by atoms with Crippen LogP contribution >= 0.6 is 0 Å². The van der Waals surface area contributed by atoms with Crippen molar-refractivity contribution >= 4 is 5.84 Å². The van der Waals surface area contributed by atoms with Crippen molar-refractivity contribution in [1.29, 1.82) is 5.26 Å². The Morgan fingerprint density at radius 3 is 2.47 bits per heavy atom. The summed E-state index contributed by atoms with van der Waals surface area (Å²) in [5, 5.41) is 8.76. The van der Waals surface area contributed by atoms with E-state index in [2.05, 4.69) is 16.5 Å². The number of nitrogens with zero attached hydrogens (tertiary/aromatic N) is 2. The minimum absolute atomic E-state index is 0.372. The first-order valence-electron chi connectivity index (χ1n) is 5.92. The molecule has 1 aliphatic rings. The third-order valence-electron chi connectivity index (χ3n) is 2.89. The molecule has 2 aromatic rings. The first kappa shape index (κ1) is 11.5. The Hall–Kier alpha value is -2.64. The van der Waals surface area contributed by atoms with Crippen LogP contribution in [-0.4, -0.2) is 5.84 Å². The number of hydroxylamine groups is 1. The molecular formula is C15H11N3O. The van der Waals surface area contributed by atoms with Crippen molar-refractivity contribution < 1.29 is 4.84 Å². The van der Waals surface area contributed by atoms with Gasteiger partial charge in [0.05, 0.1) is 11.6 Å². The van der Waals surface area contributed by atoms with E-state index in [0.717, 1.165) is 17.0 Å². The predicted octanol–water partition coefficient (Wildman–Crippen LogP) is 2.54. The van der Waals surface area contributed by atoms with Gasteiger partial charge in [-0.15, -0.1) is 0 Å². The normalized spacial score (nSPS) is 17.4. The Morgan fingerprint density at radius 2 is 1.79 bits per heavy atom. The van der Waals surface area contributed by atoms with Crippen molar-refractivity contribution in [3.05, 3.63) is 71.3 Å². The van der Waals surface area contributed by atoms with Crippen LogP contribution in [0, 0.1) is 11.3 Å². The lowest BCUT2D eigenvalue weighted by atomic mass is 10.1. The Labute approximate surface area is 110 Å². The van der Waals surface area contributed by atoms with Gasteiger partial charge in [0, 0.05) is 11.1 Å². The summed E-state index contributed by atoms with van der Waals surface area (Å²) in [6.45, 7) is 0. The minimum atomic E-state index is -0.372. The first-order valence-corrected chi connectivity index (χ1v) is 5.92. The van der Waals surface area contributed by atoms with Gasteiger partial charge in [0.2, 0.25) is 6.23 Å². The molecule has 3 rings (SSSR count). The lowest BCUT2D eigenvalue weighted by Crippen LogP contribution is -2.17. The van der Waals surface area contributed by atoms with Gasteiger partial charge in [-0.1, -0.05) is 42.5 Å². The molecule has 0 saturated carbocycles. The minimum Gasteiger partial charge on any atom is -0.246 e. The Balaban J connectivity index is 1.84. The molecule has 2 aromatic carbocycles.